The third kappa shape index (κ3) is 2.11. The Hall–Kier alpha value is -2.17. The van der Waals surface area contributed by atoms with Crippen molar-refractivity contribution >= 4 is 5.78 Å². The second-order valence-corrected chi connectivity index (χ2v) is 3.97. The summed E-state index contributed by atoms with van der Waals surface area (Å²) in [6.07, 6.45) is 0. The van der Waals surface area contributed by atoms with Crippen LogP contribution in [0.4, 0.5) is 4.39 Å². The van der Waals surface area contributed by atoms with Crippen molar-refractivity contribution in [1.29, 1.82) is 0 Å². The van der Waals surface area contributed by atoms with Crippen LogP contribution in [-0.4, -0.2) is 22.7 Å². The summed E-state index contributed by atoms with van der Waals surface area (Å²) in [5.41, 5.74) is 1.33. The standard InChI is InChI=1S/C13H13FN2O2/c1-8-6-11(16(2)15-8)13(17)10-7-9(14)4-5-12(10)18-3/h4-7H,1-3H3. The number of methoxy groups -OCH3 is 1. The molecule has 5 heteroatoms. The van der Waals surface area contributed by atoms with E-state index in [2.05, 4.69) is 5.10 Å². The van der Waals surface area contributed by atoms with E-state index in [1.54, 1.807) is 20.0 Å². The maximum Gasteiger partial charge on any atom is 0.214 e. The normalized spacial score (nSPS) is 10.4. The number of carbonyl (C=O) groups is 1. The zero-order valence-electron chi connectivity index (χ0n) is 10.4. The fourth-order valence-electron chi connectivity index (χ4n) is 1.82. The first-order valence-electron chi connectivity index (χ1n) is 5.42. The van der Waals surface area contributed by atoms with Gasteiger partial charge in [0.2, 0.25) is 5.78 Å². The third-order valence-corrected chi connectivity index (χ3v) is 2.64. The number of nitrogens with zero attached hydrogens (tertiary/aromatic N) is 2. The minimum atomic E-state index is -0.474. The zero-order valence-corrected chi connectivity index (χ0v) is 10.4. The van der Waals surface area contributed by atoms with Gasteiger partial charge in [-0.25, -0.2) is 4.39 Å². The van der Waals surface area contributed by atoms with Gasteiger partial charge in [-0.2, -0.15) is 5.10 Å². The first kappa shape index (κ1) is 12.3. The number of hydrogen-bond donors (Lipinski definition) is 0. The number of carbonyl (C=O) groups excluding carboxylic acids is 1. The third-order valence-electron chi connectivity index (χ3n) is 2.64. The SMILES string of the molecule is COc1ccc(F)cc1C(=O)c1cc(C)nn1C. The molecule has 94 valence electrons. The molecule has 4 nitrogen and oxygen atoms in total. The van der Waals surface area contributed by atoms with E-state index in [9.17, 15) is 9.18 Å². The summed E-state index contributed by atoms with van der Waals surface area (Å²) in [4.78, 5) is 12.3. The lowest BCUT2D eigenvalue weighted by Gasteiger charge is -2.07. The van der Waals surface area contributed by atoms with Crippen molar-refractivity contribution in [1.82, 2.24) is 9.78 Å². The van der Waals surface area contributed by atoms with Gasteiger partial charge in [0.15, 0.2) is 0 Å². The zero-order chi connectivity index (χ0) is 13.3. The van der Waals surface area contributed by atoms with E-state index in [1.165, 1.54) is 30.0 Å². The molecule has 0 spiro atoms. The molecule has 0 fully saturated rings. The number of rotatable bonds is 3. The minimum absolute atomic E-state index is 0.195. The van der Waals surface area contributed by atoms with Crippen molar-refractivity contribution in [2.45, 2.75) is 6.92 Å². The van der Waals surface area contributed by atoms with Crippen LogP contribution in [0.2, 0.25) is 0 Å². The molecule has 0 saturated heterocycles. The minimum Gasteiger partial charge on any atom is -0.496 e. The predicted octanol–water partition coefficient (Wildman–Crippen LogP) is 2.11. The van der Waals surface area contributed by atoms with Crippen LogP contribution in [0, 0.1) is 12.7 Å². The lowest BCUT2D eigenvalue weighted by Crippen LogP contribution is -2.10. The van der Waals surface area contributed by atoms with E-state index in [4.69, 9.17) is 4.74 Å². The highest BCUT2D eigenvalue weighted by Crippen LogP contribution is 2.22. The summed E-state index contributed by atoms with van der Waals surface area (Å²) in [6.45, 7) is 1.79. The average Bonchev–Trinajstić information content (AvgIpc) is 2.67. The summed E-state index contributed by atoms with van der Waals surface area (Å²) in [7, 11) is 3.12. The molecule has 0 saturated carbocycles. The second kappa shape index (κ2) is 4.60. The Balaban J connectivity index is 2.51. The van der Waals surface area contributed by atoms with Crippen LogP contribution in [0.3, 0.4) is 0 Å². The molecule has 0 aliphatic rings. The number of hydrogen-bond acceptors (Lipinski definition) is 3. The highest BCUT2D eigenvalue weighted by Gasteiger charge is 2.19. The van der Waals surface area contributed by atoms with E-state index in [1.807, 2.05) is 0 Å². The molecule has 0 atom stereocenters. The molecular formula is C13H13FN2O2. The number of aromatic nitrogens is 2. The molecule has 0 aliphatic heterocycles. The molecule has 18 heavy (non-hydrogen) atoms. The van der Waals surface area contributed by atoms with E-state index < -0.39 is 5.82 Å². The van der Waals surface area contributed by atoms with E-state index in [0.29, 0.717) is 11.4 Å². The fourth-order valence-corrected chi connectivity index (χ4v) is 1.82. The Morgan fingerprint density at radius 3 is 2.67 bits per heavy atom. The summed E-state index contributed by atoms with van der Waals surface area (Å²) in [6, 6.07) is 5.52. The summed E-state index contributed by atoms with van der Waals surface area (Å²) < 4.78 is 19.8. The van der Waals surface area contributed by atoms with Crippen LogP contribution < -0.4 is 4.74 Å². The van der Waals surface area contributed by atoms with Crippen molar-refractivity contribution in [3.05, 3.63) is 47.0 Å². The Labute approximate surface area is 104 Å². The molecule has 0 amide bonds. The molecule has 2 aromatic rings. The van der Waals surface area contributed by atoms with Gasteiger partial charge >= 0.3 is 0 Å². The van der Waals surface area contributed by atoms with Crippen molar-refractivity contribution in [2.75, 3.05) is 7.11 Å². The number of ether oxygens (including phenoxy) is 1. The quantitative estimate of drug-likeness (QED) is 0.781. The molecule has 2 rings (SSSR count). The van der Waals surface area contributed by atoms with Crippen molar-refractivity contribution in [3.8, 4) is 5.75 Å². The smallest absolute Gasteiger partial charge is 0.214 e. The molecular weight excluding hydrogens is 235 g/mol. The number of ketones is 1. The Morgan fingerprint density at radius 2 is 2.11 bits per heavy atom. The van der Waals surface area contributed by atoms with Crippen molar-refractivity contribution in [3.63, 3.8) is 0 Å². The summed E-state index contributed by atoms with van der Waals surface area (Å²) in [5, 5.41) is 4.10. The molecule has 0 aliphatic carbocycles. The topological polar surface area (TPSA) is 44.1 Å². The lowest BCUT2D eigenvalue weighted by atomic mass is 10.1. The Bertz CT molecular complexity index is 605. The number of aryl methyl sites for hydroxylation is 2. The van der Waals surface area contributed by atoms with Crippen LogP contribution in [0.15, 0.2) is 24.3 Å². The maximum absolute atomic E-state index is 13.2. The van der Waals surface area contributed by atoms with Crippen LogP contribution in [0.5, 0.6) is 5.75 Å². The van der Waals surface area contributed by atoms with Gasteiger partial charge in [0, 0.05) is 7.05 Å². The first-order valence-corrected chi connectivity index (χ1v) is 5.42. The number of benzene rings is 1. The van der Waals surface area contributed by atoms with Gasteiger partial charge in [0.05, 0.1) is 18.4 Å². The van der Waals surface area contributed by atoms with Gasteiger partial charge in [-0.1, -0.05) is 0 Å². The maximum atomic E-state index is 13.2. The monoisotopic (exact) mass is 248 g/mol. The summed E-state index contributed by atoms with van der Waals surface area (Å²) in [5.74, 6) is -0.437. The fraction of sp³-hybridized carbons (Fsp3) is 0.231. The summed E-state index contributed by atoms with van der Waals surface area (Å²) >= 11 is 0. The van der Waals surface area contributed by atoms with Gasteiger partial charge in [0.25, 0.3) is 0 Å². The van der Waals surface area contributed by atoms with Crippen molar-refractivity contribution < 1.29 is 13.9 Å². The molecule has 0 bridgehead atoms. The van der Waals surface area contributed by atoms with Gasteiger partial charge in [0.1, 0.15) is 17.3 Å². The molecule has 0 N–H and O–H groups in total. The molecule has 1 aromatic heterocycles. The predicted molar refractivity (Wildman–Crippen MR) is 64.3 cm³/mol. The largest absolute Gasteiger partial charge is 0.496 e. The molecule has 0 unspecified atom stereocenters. The van der Waals surface area contributed by atoms with Crippen molar-refractivity contribution in [2.24, 2.45) is 7.05 Å². The van der Waals surface area contributed by atoms with Gasteiger partial charge in [-0.3, -0.25) is 9.48 Å². The van der Waals surface area contributed by atoms with Gasteiger partial charge in [-0.05, 0) is 31.2 Å². The van der Waals surface area contributed by atoms with Crippen LogP contribution >= 0.6 is 0 Å². The highest BCUT2D eigenvalue weighted by molar-refractivity contribution is 6.09. The van der Waals surface area contributed by atoms with Crippen LogP contribution in [-0.2, 0) is 7.05 Å². The highest BCUT2D eigenvalue weighted by atomic mass is 19.1. The van der Waals surface area contributed by atoms with Crippen LogP contribution in [0.1, 0.15) is 21.7 Å². The van der Waals surface area contributed by atoms with Crippen LogP contribution in [0.25, 0.3) is 0 Å². The molecule has 1 heterocycles. The first-order chi connectivity index (χ1) is 8.52. The molecule has 0 radical (unpaired) electrons. The van der Waals surface area contributed by atoms with Gasteiger partial charge < -0.3 is 4.74 Å². The Kier molecular flexibility index (Phi) is 3.14. The Morgan fingerprint density at radius 1 is 1.39 bits per heavy atom. The van der Waals surface area contributed by atoms with E-state index >= 15 is 0 Å². The van der Waals surface area contributed by atoms with E-state index in [-0.39, 0.29) is 11.3 Å². The number of halogens is 1. The second-order valence-electron chi connectivity index (χ2n) is 3.97. The average molecular weight is 248 g/mol. The van der Waals surface area contributed by atoms with Gasteiger partial charge in [-0.15, -0.1) is 0 Å². The molecule has 1 aromatic carbocycles. The lowest BCUT2D eigenvalue weighted by molar-refractivity contribution is 0.102. The van der Waals surface area contributed by atoms with E-state index in [0.717, 1.165) is 5.69 Å².